The second-order valence-electron chi connectivity index (χ2n) is 10.0. The van der Waals surface area contributed by atoms with Crippen molar-refractivity contribution in [2.24, 2.45) is 0 Å². The lowest BCUT2D eigenvalue weighted by Crippen LogP contribution is -2.46. The molecule has 2 amide bonds. The van der Waals surface area contributed by atoms with E-state index in [0.717, 1.165) is 11.1 Å². The van der Waals surface area contributed by atoms with Crippen LogP contribution in [0, 0.1) is 25.2 Å². The van der Waals surface area contributed by atoms with Crippen LogP contribution in [0.2, 0.25) is 0 Å². The van der Waals surface area contributed by atoms with Crippen LogP contribution in [-0.2, 0) is 13.0 Å². The quantitative estimate of drug-likeness (QED) is 0.540. The van der Waals surface area contributed by atoms with Crippen LogP contribution in [-0.4, -0.2) is 45.4 Å². The maximum atomic E-state index is 13.8. The second-order valence-corrected chi connectivity index (χ2v) is 10.0. The summed E-state index contributed by atoms with van der Waals surface area (Å²) >= 11 is 0. The Labute approximate surface area is 222 Å². The molecule has 9 heteroatoms. The average molecular weight is 513 g/mol. The molecule has 0 unspecified atom stereocenters. The molecule has 0 spiro atoms. The molecule has 38 heavy (non-hydrogen) atoms. The summed E-state index contributed by atoms with van der Waals surface area (Å²) in [6, 6.07) is 12.2. The van der Waals surface area contributed by atoms with Crippen LogP contribution in [0.15, 0.2) is 41.2 Å². The first-order chi connectivity index (χ1) is 18.0. The van der Waals surface area contributed by atoms with Gasteiger partial charge in [-0.2, -0.15) is 5.26 Å². The first kappa shape index (κ1) is 26.6. The van der Waals surface area contributed by atoms with E-state index >= 15 is 0 Å². The first-order valence-corrected chi connectivity index (χ1v) is 12.6. The number of amides is 2. The van der Waals surface area contributed by atoms with Crippen molar-refractivity contribution >= 4 is 17.8 Å². The van der Waals surface area contributed by atoms with Gasteiger partial charge in [0, 0.05) is 35.8 Å². The van der Waals surface area contributed by atoms with Gasteiger partial charge in [0.15, 0.2) is 0 Å². The highest BCUT2D eigenvalue weighted by atomic mass is 16.2. The van der Waals surface area contributed by atoms with Gasteiger partial charge in [0.25, 0.3) is 17.4 Å². The molecule has 3 aromatic rings. The number of hydrogen-bond donors (Lipinski definition) is 2. The Morgan fingerprint density at radius 2 is 1.74 bits per heavy atom. The molecular formula is C29H32N6O3. The van der Waals surface area contributed by atoms with Crippen molar-refractivity contribution in [3.8, 4) is 11.8 Å². The summed E-state index contributed by atoms with van der Waals surface area (Å²) in [6.07, 6.45) is 0.361. The Bertz CT molecular complexity index is 1490. The van der Waals surface area contributed by atoms with Crippen molar-refractivity contribution in [3.63, 3.8) is 0 Å². The standard InChI is InChI=1S/C29H32N6O3/c1-16(2)32-29-33-25-15-34(27(37)21-11-17(3)24(14-30)18(4)12-21)19(5)13-23(25)28(38)35(29)22-9-7-20(8-10-22)26(36)31-6/h7-12,16,19H,13,15H2,1-6H3,(H,31,36)(H,32,33)/t19-/m1/s1. The van der Waals surface area contributed by atoms with Crippen LogP contribution in [0.3, 0.4) is 0 Å². The molecule has 0 aliphatic carbocycles. The molecule has 2 N–H and O–H groups in total. The largest absolute Gasteiger partial charge is 0.355 e. The van der Waals surface area contributed by atoms with E-state index in [-0.39, 0.29) is 36.0 Å². The molecule has 0 bridgehead atoms. The number of anilines is 1. The van der Waals surface area contributed by atoms with Gasteiger partial charge in [-0.3, -0.25) is 14.4 Å². The van der Waals surface area contributed by atoms with Crippen LogP contribution < -0.4 is 16.2 Å². The minimum atomic E-state index is -0.228. The summed E-state index contributed by atoms with van der Waals surface area (Å²) in [4.78, 5) is 45.9. The average Bonchev–Trinajstić information content (AvgIpc) is 2.88. The van der Waals surface area contributed by atoms with Gasteiger partial charge in [0.2, 0.25) is 5.95 Å². The highest BCUT2D eigenvalue weighted by Crippen LogP contribution is 2.26. The molecule has 196 valence electrons. The Morgan fingerprint density at radius 1 is 1.11 bits per heavy atom. The number of nitriles is 1. The molecule has 0 fully saturated rings. The molecule has 0 radical (unpaired) electrons. The molecule has 1 atom stereocenters. The van der Waals surface area contributed by atoms with Crippen LogP contribution >= 0.6 is 0 Å². The Balaban J connectivity index is 1.76. The topological polar surface area (TPSA) is 120 Å². The zero-order valence-electron chi connectivity index (χ0n) is 22.5. The zero-order valence-corrected chi connectivity index (χ0v) is 22.5. The third-order valence-corrected chi connectivity index (χ3v) is 6.80. The fraction of sp³-hybridized carbons (Fsp3) is 0.345. The van der Waals surface area contributed by atoms with E-state index in [1.165, 1.54) is 4.57 Å². The van der Waals surface area contributed by atoms with Crippen LogP contribution in [0.1, 0.15) is 69.4 Å². The van der Waals surface area contributed by atoms with Gasteiger partial charge in [-0.1, -0.05) is 0 Å². The van der Waals surface area contributed by atoms with Crippen molar-refractivity contribution in [2.75, 3.05) is 12.4 Å². The van der Waals surface area contributed by atoms with E-state index in [1.807, 2.05) is 34.6 Å². The number of hydrogen-bond acceptors (Lipinski definition) is 6. The van der Waals surface area contributed by atoms with E-state index in [0.29, 0.717) is 46.0 Å². The van der Waals surface area contributed by atoms with E-state index in [4.69, 9.17) is 4.98 Å². The highest BCUT2D eigenvalue weighted by molar-refractivity contribution is 5.95. The van der Waals surface area contributed by atoms with Crippen LogP contribution in [0.25, 0.3) is 5.69 Å². The molecular weight excluding hydrogens is 480 g/mol. The van der Waals surface area contributed by atoms with Gasteiger partial charge in [-0.25, -0.2) is 9.55 Å². The maximum absolute atomic E-state index is 13.8. The number of benzene rings is 2. The lowest BCUT2D eigenvalue weighted by atomic mass is 9.96. The van der Waals surface area contributed by atoms with Gasteiger partial charge >= 0.3 is 0 Å². The van der Waals surface area contributed by atoms with Gasteiger partial charge in [-0.05, 0) is 88.6 Å². The van der Waals surface area contributed by atoms with Crippen molar-refractivity contribution in [2.45, 2.75) is 59.7 Å². The number of fused-ring (bicyclic) bond motifs is 1. The number of aromatic nitrogens is 2. The van der Waals surface area contributed by atoms with E-state index in [1.54, 1.807) is 48.3 Å². The molecule has 4 rings (SSSR count). The van der Waals surface area contributed by atoms with E-state index < -0.39 is 0 Å². The summed E-state index contributed by atoms with van der Waals surface area (Å²) in [7, 11) is 1.57. The van der Waals surface area contributed by atoms with Crippen molar-refractivity contribution < 1.29 is 9.59 Å². The minimum absolute atomic E-state index is 0.00110. The predicted molar refractivity (Wildman–Crippen MR) is 146 cm³/mol. The molecule has 9 nitrogen and oxygen atoms in total. The Morgan fingerprint density at radius 3 is 2.29 bits per heavy atom. The minimum Gasteiger partial charge on any atom is -0.355 e. The third-order valence-electron chi connectivity index (χ3n) is 6.80. The van der Waals surface area contributed by atoms with Crippen molar-refractivity contribution in [1.29, 1.82) is 5.26 Å². The second kappa shape index (κ2) is 10.5. The van der Waals surface area contributed by atoms with Gasteiger partial charge in [0.05, 0.1) is 29.6 Å². The first-order valence-electron chi connectivity index (χ1n) is 12.6. The Kier molecular flexibility index (Phi) is 7.35. The van der Waals surface area contributed by atoms with Crippen molar-refractivity contribution in [1.82, 2.24) is 19.8 Å². The number of aryl methyl sites for hydroxylation is 2. The molecule has 0 saturated carbocycles. The van der Waals surface area contributed by atoms with Gasteiger partial charge < -0.3 is 15.5 Å². The molecule has 1 aliphatic heterocycles. The maximum Gasteiger partial charge on any atom is 0.263 e. The highest BCUT2D eigenvalue weighted by Gasteiger charge is 2.32. The summed E-state index contributed by atoms with van der Waals surface area (Å²) in [5, 5.41) is 15.2. The van der Waals surface area contributed by atoms with Crippen molar-refractivity contribution in [3.05, 3.63) is 85.8 Å². The number of nitrogens with zero attached hydrogens (tertiary/aromatic N) is 4. The normalized spacial score (nSPS) is 14.6. The third kappa shape index (κ3) is 4.90. The van der Waals surface area contributed by atoms with E-state index in [9.17, 15) is 19.6 Å². The summed E-state index contributed by atoms with van der Waals surface area (Å²) in [5.74, 6) is 0.00987. The fourth-order valence-electron chi connectivity index (χ4n) is 4.86. The zero-order chi connectivity index (χ0) is 27.7. The number of carbonyl (C=O) groups is 2. The molecule has 0 saturated heterocycles. The fourth-order valence-corrected chi connectivity index (χ4v) is 4.86. The summed E-state index contributed by atoms with van der Waals surface area (Å²) < 4.78 is 1.53. The summed E-state index contributed by atoms with van der Waals surface area (Å²) in [5.41, 5.74) is 4.62. The van der Waals surface area contributed by atoms with Crippen LogP contribution in [0.4, 0.5) is 5.95 Å². The number of carbonyl (C=O) groups excluding carboxylic acids is 2. The Hall–Kier alpha value is -4.45. The smallest absolute Gasteiger partial charge is 0.263 e. The number of rotatable bonds is 5. The molecule has 1 aliphatic rings. The molecule has 2 aromatic carbocycles. The molecule has 1 aromatic heterocycles. The van der Waals surface area contributed by atoms with Gasteiger partial charge in [-0.15, -0.1) is 0 Å². The lowest BCUT2D eigenvalue weighted by molar-refractivity contribution is 0.0652. The summed E-state index contributed by atoms with van der Waals surface area (Å²) in [6.45, 7) is 9.69. The monoisotopic (exact) mass is 512 g/mol. The number of nitrogens with one attached hydrogen (secondary N) is 2. The lowest BCUT2D eigenvalue weighted by Gasteiger charge is -2.35. The van der Waals surface area contributed by atoms with E-state index in [2.05, 4.69) is 16.7 Å². The molecule has 2 heterocycles. The van der Waals surface area contributed by atoms with Crippen LogP contribution in [0.5, 0.6) is 0 Å². The SMILES string of the molecule is CNC(=O)c1ccc(-n2c(NC(C)C)nc3c(c2=O)C[C@@H](C)N(C(=O)c2cc(C)c(C#N)c(C)c2)C3)cc1. The predicted octanol–water partition coefficient (Wildman–Crippen LogP) is 3.49. The van der Waals surface area contributed by atoms with Gasteiger partial charge in [0.1, 0.15) is 0 Å².